The molecule has 2 heterocycles. The maximum Gasteiger partial charge on any atom is 0.411 e. The Morgan fingerprint density at radius 2 is 2.13 bits per heavy atom. The topological polar surface area (TPSA) is 53.4 Å². The summed E-state index contributed by atoms with van der Waals surface area (Å²) in [5.74, 6) is 0. The summed E-state index contributed by atoms with van der Waals surface area (Å²) in [6, 6.07) is 3.73. The van der Waals surface area contributed by atoms with Crippen molar-refractivity contribution in [1.82, 2.24) is 9.88 Å². The largest absolute Gasteiger partial charge is 0.465 e. The molecule has 0 bridgehead atoms. The van der Waals surface area contributed by atoms with E-state index in [0.717, 1.165) is 11.1 Å². The van der Waals surface area contributed by atoms with E-state index in [9.17, 15) is 4.79 Å². The Hall–Kier alpha value is -2.10. The van der Waals surface area contributed by atoms with Crippen LogP contribution < -0.4 is 0 Å². The van der Waals surface area contributed by atoms with E-state index >= 15 is 0 Å². The summed E-state index contributed by atoms with van der Waals surface area (Å²) in [6.07, 6.45) is 7.64. The van der Waals surface area contributed by atoms with E-state index in [1.807, 2.05) is 18.2 Å². The Morgan fingerprint density at radius 3 is 2.80 bits per heavy atom. The molecule has 0 aromatic carbocycles. The highest BCUT2D eigenvalue weighted by Crippen LogP contribution is 2.18. The van der Waals surface area contributed by atoms with Gasteiger partial charge in [-0.1, -0.05) is 6.08 Å². The molecule has 0 saturated carbocycles. The number of hydrogen-bond acceptors (Lipinski definition) is 2. The van der Waals surface area contributed by atoms with E-state index in [0.29, 0.717) is 6.54 Å². The Morgan fingerprint density at radius 1 is 1.40 bits per heavy atom. The normalized spacial score (nSPS) is 14.9. The summed E-state index contributed by atoms with van der Waals surface area (Å²) in [5.41, 5.74) is 1.97. The van der Waals surface area contributed by atoms with Crippen molar-refractivity contribution in [2.75, 3.05) is 6.54 Å². The van der Waals surface area contributed by atoms with Crippen LogP contribution in [-0.2, 0) is 0 Å². The molecule has 76 valence electrons. The molecule has 0 aliphatic carbocycles. The molecule has 0 saturated heterocycles. The Labute approximate surface area is 87.2 Å². The molecule has 0 atom stereocenters. The van der Waals surface area contributed by atoms with Gasteiger partial charge in [0.1, 0.15) is 0 Å². The minimum atomic E-state index is -0.939. The first-order chi connectivity index (χ1) is 7.27. The summed E-state index contributed by atoms with van der Waals surface area (Å²) < 4.78 is 0. The predicted molar refractivity (Wildman–Crippen MR) is 56.1 cm³/mol. The van der Waals surface area contributed by atoms with Crippen molar-refractivity contribution in [3.63, 3.8) is 0 Å². The van der Waals surface area contributed by atoms with Gasteiger partial charge < -0.3 is 5.11 Å². The Kier molecular flexibility index (Phi) is 2.49. The molecule has 1 aliphatic rings. The Bertz CT molecular complexity index is 423. The molecule has 4 nitrogen and oxygen atoms in total. The van der Waals surface area contributed by atoms with Crippen LogP contribution in [0, 0.1) is 0 Å². The quantitative estimate of drug-likeness (QED) is 0.757. The molecule has 1 N–H and O–H groups in total. The van der Waals surface area contributed by atoms with Crippen LogP contribution in [0.15, 0.2) is 42.9 Å². The number of hydrogen-bond donors (Lipinski definition) is 1. The molecule has 1 aromatic rings. The Balaban J connectivity index is 2.22. The summed E-state index contributed by atoms with van der Waals surface area (Å²) >= 11 is 0. The van der Waals surface area contributed by atoms with E-state index in [1.54, 1.807) is 24.7 Å². The van der Waals surface area contributed by atoms with Gasteiger partial charge in [-0.25, -0.2) is 4.79 Å². The van der Waals surface area contributed by atoms with Crippen LogP contribution in [-0.4, -0.2) is 27.6 Å². The third-order valence-electron chi connectivity index (χ3n) is 2.20. The van der Waals surface area contributed by atoms with Gasteiger partial charge in [-0.3, -0.25) is 9.88 Å². The van der Waals surface area contributed by atoms with Gasteiger partial charge in [0.15, 0.2) is 0 Å². The summed E-state index contributed by atoms with van der Waals surface area (Å²) in [5, 5.41) is 8.84. The van der Waals surface area contributed by atoms with Crippen LogP contribution in [0.1, 0.15) is 5.56 Å². The number of carbonyl (C=O) groups is 1. The average Bonchev–Trinajstić information content (AvgIpc) is 2.30. The average molecular weight is 202 g/mol. The molecule has 0 unspecified atom stereocenters. The fraction of sp³-hybridized carbons (Fsp3) is 0.0909. The second-order valence-corrected chi connectivity index (χ2v) is 3.18. The number of aromatic nitrogens is 1. The third kappa shape index (κ3) is 2.04. The zero-order chi connectivity index (χ0) is 10.7. The molecule has 0 fully saturated rings. The molecule has 15 heavy (non-hydrogen) atoms. The van der Waals surface area contributed by atoms with E-state index in [4.69, 9.17) is 5.11 Å². The zero-order valence-electron chi connectivity index (χ0n) is 8.00. The summed E-state index contributed by atoms with van der Waals surface area (Å²) in [6.45, 7) is 0.385. The van der Waals surface area contributed by atoms with E-state index in [2.05, 4.69) is 4.98 Å². The summed E-state index contributed by atoms with van der Waals surface area (Å²) in [7, 11) is 0. The monoisotopic (exact) mass is 202 g/mol. The van der Waals surface area contributed by atoms with Crippen molar-refractivity contribution in [1.29, 1.82) is 0 Å². The van der Waals surface area contributed by atoms with Crippen LogP contribution in [0.2, 0.25) is 0 Å². The van der Waals surface area contributed by atoms with Crippen molar-refractivity contribution in [2.24, 2.45) is 0 Å². The first kappa shape index (κ1) is 9.45. The van der Waals surface area contributed by atoms with Crippen molar-refractivity contribution >= 4 is 11.7 Å². The van der Waals surface area contributed by atoms with Gasteiger partial charge in [-0.15, -0.1) is 0 Å². The highest BCUT2D eigenvalue weighted by molar-refractivity contribution is 5.75. The third-order valence-corrected chi connectivity index (χ3v) is 2.20. The smallest absolute Gasteiger partial charge is 0.411 e. The van der Waals surface area contributed by atoms with Crippen LogP contribution in [0.3, 0.4) is 0 Å². The molecule has 2 rings (SSSR count). The molecular formula is C11H10N2O2. The standard InChI is InChI=1S/C11H10N2O2/c14-11(15)13-7-1-2-10(8-13)9-3-5-12-6-4-9/h1-7H,8H2,(H,14,15). The lowest BCUT2D eigenvalue weighted by molar-refractivity contribution is 0.167. The van der Waals surface area contributed by atoms with Gasteiger partial charge in [-0.2, -0.15) is 0 Å². The first-order valence-electron chi connectivity index (χ1n) is 4.55. The SMILES string of the molecule is O=C(O)N1C=CC=C(c2ccncc2)C1. The molecule has 0 spiro atoms. The maximum atomic E-state index is 10.8. The number of pyridine rings is 1. The van der Waals surface area contributed by atoms with Crippen molar-refractivity contribution in [3.05, 3.63) is 48.4 Å². The van der Waals surface area contributed by atoms with E-state index in [1.165, 1.54) is 4.90 Å². The van der Waals surface area contributed by atoms with E-state index in [-0.39, 0.29) is 0 Å². The fourth-order valence-electron chi connectivity index (χ4n) is 1.44. The zero-order valence-corrected chi connectivity index (χ0v) is 8.00. The fourth-order valence-corrected chi connectivity index (χ4v) is 1.44. The second-order valence-electron chi connectivity index (χ2n) is 3.18. The molecule has 0 radical (unpaired) electrons. The highest BCUT2D eigenvalue weighted by Gasteiger charge is 2.14. The van der Waals surface area contributed by atoms with Gasteiger partial charge >= 0.3 is 6.09 Å². The minimum absolute atomic E-state index is 0.385. The number of nitrogens with zero attached hydrogens (tertiary/aromatic N) is 2. The second kappa shape index (κ2) is 3.96. The number of rotatable bonds is 1. The molecule has 4 heteroatoms. The first-order valence-corrected chi connectivity index (χ1v) is 4.55. The van der Waals surface area contributed by atoms with Gasteiger partial charge in [0.2, 0.25) is 0 Å². The lowest BCUT2D eigenvalue weighted by atomic mass is 10.1. The molecular weight excluding hydrogens is 192 g/mol. The van der Waals surface area contributed by atoms with Crippen molar-refractivity contribution < 1.29 is 9.90 Å². The molecule has 1 amide bonds. The predicted octanol–water partition coefficient (Wildman–Crippen LogP) is 1.97. The number of allylic oxidation sites excluding steroid dienone is 2. The highest BCUT2D eigenvalue weighted by atomic mass is 16.4. The maximum absolute atomic E-state index is 10.8. The van der Waals surface area contributed by atoms with Crippen LogP contribution in [0.4, 0.5) is 4.79 Å². The van der Waals surface area contributed by atoms with Gasteiger partial charge in [-0.05, 0) is 29.3 Å². The van der Waals surface area contributed by atoms with E-state index < -0.39 is 6.09 Å². The summed E-state index contributed by atoms with van der Waals surface area (Å²) in [4.78, 5) is 15.9. The number of carboxylic acid groups (broad SMARTS) is 1. The van der Waals surface area contributed by atoms with Gasteiger partial charge in [0, 0.05) is 18.6 Å². The lowest BCUT2D eigenvalue weighted by Gasteiger charge is -2.19. The van der Waals surface area contributed by atoms with Crippen molar-refractivity contribution in [3.8, 4) is 0 Å². The lowest BCUT2D eigenvalue weighted by Crippen LogP contribution is -2.26. The molecule has 1 aromatic heterocycles. The van der Waals surface area contributed by atoms with Crippen LogP contribution in [0.25, 0.3) is 5.57 Å². The van der Waals surface area contributed by atoms with Crippen LogP contribution in [0.5, 0.6) is 0 Å². The number of amides is 1. The minimum Gasteiger partial charge on any atom is -0.465 e. The molecule has 1 aliphatic heterocycles. The van der Waals surface area contributed by atoms with Crippen molar-refractivity contribution in [2.45, 2.75) is 0 Å². The van der Waals surface area contributed by atoms with Crippen LogP contribution >= 0.6 is 0 Å². The van der Waals surface area contributed by atoms with Gasteiger partial charge in [0.05, 0.1) is 6.54 Å². The van der Waals surface area contributed by atoms with Gasteiger partial charge in [0.25, 0.3) is 0 Å².